The maximum absolute atomic E-state index is 11.7. The van der Waals surface area contributed by atoms with Crippen molar-refractivity contribution in [1.29, 1.82) is 0 Å². The maximum atomic E-state index is 11.7. The highest BCUT2D eigenvalue weighted by Gasteiger charge is 2.33. The van der Waals surface area contributed by atoms with Crippen LogP contribution in [0.25, 0.3) is 0 Å². The summed E-state index contributed by atoms with van der Waals surface area (Å²) in [4.78, 5) is 11.7. The van der Waals surface area contributed by atoms with Gasteiger partial charge in [-0.05, 0) is 36.5 Å². The van der Waals surface area contributed by atoms with Crippen molar-refractivity contribution < 1.29 is 19.4 Å². The van der Waals surface area contributed by atoms with E-state index in [1.54, 1.807) is 7.11 Å². The Labute approximate surface area is 118 Å². The molecule has 0 aromatic heterocycles. The molecule has 3 unspecified atom stereocenters. The van der Waals surface area contributed by atoms with Gasteiger partial charge < -0.3 is 14.6 Å². The van der Waals surface area contributed by atoms with Crippen molar-refractivity contribution in [2.45, 2.75) is 30.8 Å². The van der Waals surface area contributed by atoms with Crippen LogP contribution < -0.4 is 10.1 Å². The summed E-state index contributed by atoms with van der Waals surface area (Å²) in [6.45, 7) is 0.0140. The number of carbonyl (C=O) groups excluding carboxylic acids is 1. The van der Waals surface area contributed by atoms with Crippen LogP contribution in [0.1, 0.15) is 24.3 Å². The Morgan fingerprint density at radius 3 is 2.55 bits per heavy atom. The summed E-state index contributed by atoms with van der Waals surface area (Å²) in [5, 5.41) is 12.5. The highest BCUT2D eigenvalue weighted by molar-refractivity contribution is 5.76. The molecule has 5 heteroatoms. The average Bonchev–Trinajstić information content (AvgIpc) is 2.53. The lowest BCUT2D eigenvalue weighted by atomic mass is 9.83. The fourth-order valence-electron chi connectivity index (χ4n) is 2.73. The first-order valence-electron chi connectivity index (χ1n) is 6.76. The molecule has 0 saturated carbocycles. The fraction of sp³-hybridized carbons (Fsp3) is 0.533. The molecular weight excluding hydrogens is 258 g/mol. The molecule has 0 spiro atoms. The molecule has 1 saturated heterocycles. The van der Waals surface area contributed by atoms with Crippen LogP contribution in [-0.2, 0) is 9.53 Å². The molecule has 0 aliphatic carbocycles. The molecule has 2 N–H and O–H groups in total. The van der Waals surface area contributed by atoms with Crippen LogP contribution in [-0.4, -0.2) is 44.0 Å². The third-order valence-electron chi connectivity index (χ3n) is 3.82. The van der Waals surface area contributed by atoms with Crippen LogP contribution in [0.5, 0.6) is 5.75 Å². The lowest BCUT2D eigenvalue weighted by molar-refractivity contribution is -0.144. The molecule has 0 amide bonds. The van der Waals surface area contributed by atoms with Gasteiger partial charge >= 0.3 is 5.97 Å². The number of hydrogen-bond acceptors (Lipinski definition) is 5. The number of ether oxygens (including phenoxy) is 2. The monoisotopic (exact) mass is 279 g/mol. The van der Waals surface area contributed by atoms with Gasteiger partial charge in [0, 0.05) is 6.04 Å². The van der Waals surface area contributed by atoms with E-state index in [-0.39, 0.29) is 30.6 Å². The predicted octanol–water partition coefficient (Wildman–Crippen LogP) is 1.06. The molecule has 1 aliphatic heterocycles. The molecule has 2 rings (SSSR count). The standard InChI is InChI=1S/C15H21NO4/c1-19-13-5-3-10(4-6-13)11-7-12(9-17)16-14(8-11)15(18)20-2/h3-6,11-12,14,16-17H,7-9H2,1-2H3. The summed E-state index contributed by atoms with van der Waals surface area (Å²) in [5.74, 6) is 0.760. The number of hydrogen-bond donors (Lipinski definition) is 2. The van der Waals surface area contributed by atoms with E-state index in [9.17, 15) is 9.90 Å². The number of rotatable bonds is 4. The molecular formula is C15H21NO4. The van der Waals surface area contributed by atoms with Crippen molar-refractivity contribution in [1.82, 2.24) is 5.32 Å². The van der Waals surface area contributed by atoms with Gasteiger partial charge in [0.05, 0.1) is 20.8 Å². The highest BCUT2D eigenvalue weighted by Crippen LogP contribution is 2.31. The first-order chi connectivity index (χ1) is 9.67. The third kappa shape index (κ3) is 3.29. The Kier molecular flexibility index (Phi) is 4.98. The lowest BCUT2D eigenvalue weighted by Crippen LogP contribution is -2.50. The summed E-state index contributed by atoms with van der Waals surface area (Å²) in [6, 6.07) is 7.41. The zero-order valence-electron chi connectivity index (χ0n) is 11.8. The minimum absolute atomic E-state index is 0.0140. The molecule has 110 valence electrons. The second kappa shape index (κ2) is 6.72. The smallest absolute Gasteiger partial charge is 0.322 e. The van der Waals surface area contributed by atoms with Gasteiger partial charge in [0.25, 0.3) is 0 Å². The Balaban J connectivity index is 2.14. The number of esters is 1. The van der Waals surface area contributed by atoms with Crippen molar-refractivity contribution in [3.63, 3.8) is 0 Å². The van der Waals surface area contributed by atoms with E-state index in [1.165, 1.54) is 7.11 Å². The molecule has 1 aromatic rings. The van der Waals surface area contributed by atoms with E-state index in [1.807, 2.05) is 24.3 Å². The van der Waals surface area contributed by atoms with E-state index in [2.05, 4.69) is 5.32 Å². The Morgan fingerprint density at radius 1 is 1.30 bits per heavy atom. The molecule has 5 nitrogen and oxygen atoms in total. The van der Waals surface area contributed by atoms with Crippen LogP contribution >= 0.6 is 0 Å². The quantitative estimate of drug-likeness (QED) is 0.807. The number of aliphatic hydroxyl groups is 1. The van der Waals surface area contributed by atoms with E-state index in [0.29, 0.717) is 6.42 Å². The van der Waals surface area contributed by atoms with Crippen LogP contribution in [0.15, 0.2) is 24.3 Å². The highest BCUT2D eigenvalue weighted by atomic mass is 16.5. The molecule has 0 radical (unpaired) electrons. The number of nitrogens with one attached hydrogen (secondary N) is 1. The molecule has 1 heterocycles. The van der Waals surface area contributed by atoms with Crippen LogP contribution in [0.3, 0.4) is 0 Å². The van der Waals surface area contributed by atoms with Gasteiger partial charge in [0.1, 0.15) is 11.8 Å². The molecule has 0 bridgehead atoms. The van der Waals surface area contributed by atoms with Crippen molar-refractivity contribution in [2.24, 2.45) is 0 Å². The van der Waals surface area contributed by atoms with Crippen LogP contribution in [0.2, 0.25) is 0 Å². The van der Waals surface area contributed by atoms with Crippen LogP contribution in [0, 0.1) is 0 Å². The Hall–Kier alpha value is -1.59. The molecule has 3 atom stereocenters. The van der Waals surface area contributed by atoms with E-state index < -0.39 is 0 Å². The second-order valence-corrected chi connectivity index (χ2v) is 5.06. The number of methoxy groups -OCH3 is 2. The minimum atomic E-state index is -0.363. The summed E-state index contributed by atoms with van der Waals surface area (Å²) >= 11 is 0. The Bertz CT molecular complexity index is 446. The molecule has 1 fully saturated rings. The van der Waals surface area contributed by atoms with Crippen molar-refractivity contribution >= 4 is 5.97 Å². The van der Waals surface area contributed by atoms with Gasteiger partial charge in [-0.15, -0.1) is 0 Å². The molecule has 1 aliphatic rings. The van der Waals surface area contributed by atoms with Gasteiger partial charge in [0.15, 0.2) is 0 Å². The van der Waals surface area contributed by atoms with Crippen molar-refractivity contribution in [3.8, 4) is 5.75 Å². The predicted molar refractivity (Wildman–Crippen MR) is 74.8 cm³/mol. The summed E-state index contributed by atoms with van der Waals surface area (Å²) in [6.07, 6.45) is 1.48. The van der Waals surface area contributed by atoms with Crippen LogP contribution in [0.4, 0.5) is 0 Å². The summed E-state index contributed by atoms with van der Waals surface area (Å²) in [5.41, 5.74) is 1.15. The Morgan fingerprint density at radius 2 is 2.00 bits per heavy atom. The summed E-state index contributed by atoms with van der Waals surface area (Å²) < 4.78 is 9.95. The molecule has 20 heavy (non-hydrogen) atoms. The second-order valence-electron chi connectivity index (χ2n) is 5.06. The zero-order chi connectivity index (χ0) is 14.5. The number of aliphatic hydroxyl groups excluding tert-OH is 1. The molecule has 1 aromatic carbocycles. The number of benzene rings is 1. The summed E-state index contributed by atoms with van der Waals surface area (Å²) in [7, 11) is 3.02. The van der Waals surface area contributed by atoms with Gasteiger partial charge in [-0.1, -0.05) is 12.1 Å². The van der Waals surface area contributed by atoms with E-state index >= 15 is 0 Å². The minimum Gasteiger partial charge on any atom is -0.497 e. The zero-order valence-corrected chi connectivity index (χ0v) is 11.8. The van der Waals surface area contributed by atoms with E-state index in [0.717, 1.165) is 17.7 Å². The fourth-order valence-corrected chi connectivity index (χ4v) is 2.73. The van der Waals surface area contributed by atoms with Gasteiger partial charge in [-0.3, -0.25) is 10.1 Å². The van der Waals surface area contributed by atoms with Gasteiger partial charge in [0.2, 0.25) is 0 Å². The maximum Gasteiger partial charge on any atom is 0.322 e. The average molecular weight is 279 g/mol. The largest absolute Gasteiger partial charge is 0.497 e. The van der Waals surface area contributed by atoms with E-state index in [4.69, 9.17) is 9.47 Å². The SMILES string of the molecule is COC(=O)C1CC(c2ccc(OC)cc2)CC(CO)N1. The van der Waals surface area contributed by atoms with Crippen molar-refractivity contribution in [2.75, 3.05) is 20.8 Å². The van der Waals surface area contributed by atoms with Gasteiger partial charge in [-0.25, -0.2) is 0 Å². The van der Waals surface area contributed by atoms with Gasteiger partial charge in [-0.2, -0.15) is 0 Å². The lowest BCUT2D eigenvalue weighted by Gasteiger charge is -2.34. The third-order valence-corrected chi connectivity index (χ3v) is 3.82. The normalized spacial score (nSPS) is 26.1. The topological polar surface area (TPSA) is 67.8 Å². The van der Waals surface area contributed by atoms with Crippen molar-refractivity contribution in [3.05, 3.63) is 29.8 Å². The first-order valence-corrected chi connectivity index (χ1v) is 6.76. The number of piperidine rings is 1. The first kappa shape index (κ1) is 14.8. The number of carbonyl (C=O) groups is 1.